The number of carbonyl (C=O) groups excluding carboxylic acids is 2. The van der Waals surface area contributed by atoms with E-state index >= 15 is 0 Å². The van der Waals surface area contributed by atoms with Crippen molar-refractivity contribution in [2.75, 3.05) is 11.9 Å². The maximum atomic E-state index is 11.8. The summed E-state index contributed by atoms with van der Waals surface area (Å²) in [6.45, 7) is 1.50. The van der Waals surface area contributed by atoms with Crippen molar-refractivity contribution in [3.8, 4) is 0 Å². The molecular formula is C18H18N2O5S. The maximum Gasteiger partial charge on any atom is 0.331 e. The number of rotatable bonds is 6. The van der Waals surface area contributed by atoms with Gasteiger partial charge in [-0.25, -0.2) is 18.4 Å². The molecule has 0 aliphatic rings. The predicted octanol–water partition coefficient (Wildman–Crippen LogP) is 1.84. The summed E-state index contributed by atoms with van der Waals surface area (Å²) in [4.78, 5) is 23.3. The summed E-state index contributed by atoms with van der Waals surface area (Å²) in [6.07, 6.45) is 2.82. The van der Waals surface area contributed by atoms with Gasteiger partial charge >= 0.3 is 5.97 Å². The Hall–Kier alpha value is -2.97. The number of carbonyl (C=O) groups is 2. The molecule has 2 aromatic rings. The van der Waals surface area contributed by atoms with Crippen LogP contribution in [0.5, 0.6) is 0 Å². The van der Waals surface area contributed by atoms with Gasteiger partial charge in [0.05, 0.1) is 4.90 Å². The van der Waals surface area contributed by atoms with Crippen LogP contribution in [0, 0.1) is 6.92 Å². The quantitative estimate of drug-likeness (QED) is 0.591. The summed E-state index contributed by atoms with van der Waals surface area (Å²) >= 11 is 0. The Morgan fingerprint density at radius 2 is 1.69 bits per heavy atom. The first kappa shape index (κ1) is 19.4. The summed E-state index contributed by atoms with van der Waals surface area (Å²) in [5, 5.41) is 7.47. The molecule has 2 aromatic carbocycles. The molecule has 0 aromatic heterocycles. The van der Waals surface area contributed by atoms with Gasteiger partial charge in [-0.2, -0.15) is 0 Å². The molecule has 0 unspecified atom stereocenters. The van der Waals surface area contributed by atoms with Crippen molar-refractivity contribution in [3.05, 3.63) is 65.7 Å². The van der Waals surface area contributed by atoms with Crippen LogP contribution in [-0.4, -0.2) is 26.9 Å². The third-order valence-corrected chi connectivity index (χ3v) is 4.23. The smallest absolute Gasteiger partial charge is 0.331 e. The van der Waals surface area contributed by atoms with Crippen LogP contribution < -0.4 is 10.5 Å². The van der Waals surface area contributed by atoms with E-state index in [1.807, 2.05) is 31.2 Å². The Morgan fingerprint density at radius 3 is 2.27 bits per heavy atom. The normalized spacial score (nSPS) is 11.3. The topological polar surface area (TPSA) is 116 Å². The minimum absolute atomic E-state index is 0.0665. The molecule has 0 atom stereocenters. The molecule has 0 aliphatic heterocycles. The Kier molecular flexibility index (Phi) is 6.26. The van der Waals surface area contributed by atoms with E-state index in [-0.39, 0.29) is 4.90 Å². The molecule has 0 heterocycles. The first-order chi connectivity index (χ1) is 12.2. The van der Waals surface area contributed by atoms with E-state index in [2.05, 4.69) is 5.32 Å². The van der Waals surface area contributed by atoms with Gasteiger partial charge in [-0.1, -0.05) is 29.8 Å². The van der Waals surface area contributed by atoms with E-state index in [0.29, 0.717) is 5.69 Å². The van der Waals surface area contributed by atoms with Gasteiger partial charge in [0.15, 0.2) is 6.61 Å². The number of sulfonamides is 1. The van der Waals surface area contributed by atoms with Crippen LogP contribution in [0.25, 0.3) is 6.08 Å². The van der Waals surface area contributed by atoms with Crippen molar-refractivity contribution in [3.63, 3.8) is 0 Å². The lowest BCUT2D eigenvalue weighted by Gasteiger charge is -2.06. The Morgan fingerprint density at radius 1 is 1.08 bits per heavy atom. The average Bonchev–Trinajstić information content (AvgIpc) is 2.59. The van der Waals surface area contributed by atoms with E-state index in [9.17, 15) is 18.0 Å². The van der Waals surface area contributed by atoms with E-state index in [1.165, 1.54) is 30.3 Å². The monoisotopic (exact) mass is 374 g/mol. The molecule has 26 heavy (non-hydrogen) atoms. The van der Waals surface area contributed by atoms with Crippen molar-refractivity contribution >= 4 is 33.7 Å². The Labute approximate surface area is 151 Å². The van der Waals surface area contributed by atoms with Crippen molar-refractivity contribution in [1.29, 1.82) is 0 Å². The number of nitrogens with one attached hydrogen (secondary N) is 1. The molecule has 0 saturated heterocycles. The third kappa shape index (κ3) is 6.15. The number of anilines is 1. The molecule has 7 nitrogen and oxygen atoms in total. The van der Waals surface area contributed by atoms with Gasteiger partial charge in [-0.15, -0.1) is 0 Å². The minimum atomic E-state index is -3.79. The van der Waals surface area contributed by atoms with Gasteiger partial charge in [0.25, 0.3) is 5.91 Å². The molecule has 8 heteroatoms. The number of hydrogen-bond donors (Lipinski definition) is 2. The second kappa shape index (κ2) is 8.41. The fourth-order valence-corrected chi connectivity index (χ4v) is 2.47. The second-order valence-corrected chi connectivity index (χ2v) is 7.03. The van der Waals surface area contributed by atoms with Crippen molar-refractivity contribution in [2.24, 2.45) is 5.14 Å². The Balaban J connectivity index is 1.82. The highest BCUT2D eigenvalue weighted by Gasteiger charge is 2.09. The summed E-state index contributed by atoms with van der Waals surface area (Å²) in [7, 11) is -3.79. The highest BCUT2D eigenvalue weighted by molar-refractivity contribution is 7.89. The summed E-state index contributed by atoms with van der Waals surface area (Å²) in [5.41, 5.74) is 2.30. The molecule has 3 N–H and O–H groups in total. The van der Waals surface area contributed by atoms with Gasteiger partial charge in [0.1, 0.15) is 0 Å². The molecule has 0 saturated carbocycles. The second-order valence-electron chi connectivity index (χ2n) is 5.47. The van der Waals surface area contributed by atoms with Crippen molar-refractivity contribution < 1.29 is 22.7 Å². The number of aryl methyl sites for hydroxylation is 1. The number of nitrogens with two attached hydrogens (primary N) is 1. The number of hydrogen-bond acceptors (Lipinski definition) is 5. The van der Waals surface area contributed by atoms with E-state index in [1.54, 1.807) is 6.08 Å². The molecule has 0 spiro atoms. The van der Waals surface area contributed by atoms with Crippen molar-refractivity contribution in [1.82, 2.24) is 0 Å². The highest BCUT2D eigenvalue weighted by atomic mass is 32.2. The molecule has 136 valence electrons. The lowest BCUT2D eigenvalue weighted by Crippen LogP contribution is -2.20. The number of benzene rings is 2. The molecule has 0 bridgehead atoms. The van der Waals surface area contributed by atoms with Crippen LogP contribution in [0.2, 0.25) is 0 Å². The molecule has 1 amide bonds. The highest BCUT2D eigenvalue weighted by Crippen LogP contribution is 2.12. The zero-order valence-corrected chi connectivity index (χ0v) is 14.8. The number of ether oxygens (including phenoxy) is 1. The molecule has 0 radical (unpaired) electrons. The largest absolute Gasteiger partial charge is 0.452 e. The third-order valence-electron chi connectivity index (χ3n) is 3.30. The molecule has 2 rings (SSSR count). The van der Waals surface area contributed by atoms with Crippen LogP contribution in [0.4, 0.5) is 5.69 Å². The van der Waals surface area contributed by atoms with Gasteiger partial charge in [-0.3, -0.25) is 4.79 Å². The lowest BCUT2D eigenvalue weighted by atomic mass is 10.1. The lowest BCUT2D eigenvalue weighted by molar-refractivity contribution is -0.142. The van der Waals surface area contributed by atoms with Gasteiger partial charge in [0, 0.05) is 11.8 Å². The van der Waals surface area contributed by atoms with Crippen LogP contribution in [0.3, 0.4) is 0 Å². The summed E-state index contributed by atoms with van der Waals surface area (Å²) < 4.78 is 27.1. The first-order valence-electron chi connectivity index (χ1n) is 7.58. The fraction of sp³-hybridized carbons (Fsp3) is 0.111. The van der Waals surface area contributed by atoms with E-state index in [4.69, 9.17) is 9.88 Å². The Bertz CT molecular complexity index is 917. The van der Waals surface area contributed by atoms with E-state index in [0.717, 1.165) is 11.1 Å². The van der Waals surface area contributed by atoms with Crippen LogP contribution in [0.15, 0.2) is 59.5 Å². The standard InChI is InChI=1S/C18H18N2O5S/c1-13-2-4-14(5-3-13)6-11-18(22)25-12-17(21)20-15-7-9-16(10-8-15)26(19,23)24/h2-11H,12H2,1H3,(H,20,21)(H2,19,23,24)/b11-6+. The van der Waals surface area contributed by atoms with Crippen LogP contribution in [-0.2, 0) is 24.3 Å². The molecule has 0 fully saturated rings. The number of amides is 1. The number of esters is 1. The molecular weight excluding hydrogens is 356 g/mol. The number of primary sulfonamides is 1. The minimum Gasteiger partial charge on any atom is -0.452 e. The fourth-order valence-electron chi connectivity index (χ4n) is 1.95. The van der Waals surface area contributed by atoms with E-state index < -0.39 is 28.5 Å². The SMILES string of the molecule is Cc1ccc(/C=C/C(=O)OCC(=O)Nc2ccc(S(N)(=O)=O)cc2)cc1. The maximum absolute atomic E-state index is 11.8. The van der Waals surface area contributed by atoms with Gasteiger partial charge < -0.3 is 10.1 Å². The zero-order valence-electron chi connectivity index (χ0n) is 14.0. The van der Waals surface area contributed by atoms with Crippen LogP contribution in [0.1, 0.15) is 11.1 Å². The van der Waals surface area contributed by atoms with Crippen LogP contribution >= 0.6 is 0 Å². The summed E-state index contributed by atoms with van der Waals surface area (Å²) in [6, 6.07) is 12.9. The van der Waals surface area contributed by atoms with Gasteiger partial charge in [-0.05, 0) is 42.8 Å². The van der Waals surface area contributed by atoms with Gasteiger partial charge in [0.2, 0.25) is 10.0 Å². The zero-order chi connectivity index (χ0) is 19.2. The summed E-state index contributed by atoms with van der Waals surface area (Å²) in [5.74, 6) is -1.20. The first-order valence-corrected chi connectivity index (χ1v) is 9.13. The predicted molar refractivity (Wildman–Crippen MR) is 97.6 cm³/mol. The molecule has 0 aliphatic carbocycles. The average molecular weight is 374 g/mol. The van der Waals surface area contributed by atoms with Crippen molar-refractivity contribution in [2.45, 2.75) is 11.8 Å².